The van der Waals surface area contributed by atoms with E-state index >= 15 is 0 Å². The average Bonchev–Trinajstić information content (AvgIpc) is 3.42. The maximum absolute atomic E-state index is 13.1. The summed E-state index contributed by atoms with van der Waals surface area (Å²) in [6.07, 6.45) is 69.2. The van der Waals surface area contributed by atoms with Gasteiger partial charge in [0.1, 0.15) is 24.4 Å². The van der Waals surface area contributed by atoms with E-state index in [2.05, 4.69) is 55.6 Å². The SMILES string of the molecule is CCCCCCCCCCC/C=C\C/C=C\CCCCCCCCCCCCCCCCCC(=O)NC(COC1OC(CO)C(O)C(O)C1O)C(O)/C=C/CC/C=C/CCCCCCCCCCCCCCCCCC. The fourth-order valence-electron chi connectivity index (χ4n) is 10.4. The molecule has 7 atom stereocenters. The molecule has 1 aliphatic heterocycles. The van der Waals surface area contributed by atoms with E-state index in [1.165, 1.54) is 250 Å². The Hall–Kier alpha value is -1.85. The zero-order valence-electron chi connectivity index (χ0n) is 49.8. The molecular formula is C67H125NO8. The molecule has 0 saturated carbocycles. The van der Waals surface area contributed by atoms with E-state index in [4.69, 9.17) is 9.47 Å². The Kier molecular flexibility index (Phi) is 53.6. The number of ether oxygens (including phenoxy) is 2. The van der Waals surface area contributed by atoms with Gasteiger partial charge in [0, 0.05) is 6.42 Å². The average molecular weight is 1070 g/mol. The number of amides is 1. The van der Waals surface area contributed by atoms with E-state index in [1.807, 2.05) is 6.08 Å². The van der Waals surface area contributed by atoms with Gasteiger partial charge in [0.15, 0.2) is 6.29 Å². The minimum atomic E-state index is -1.57. The van der Waals surface area contributed by atoms with Gasteiger partial charge in [0.2, 0.25) is 5.91 Å². The number of carbonyl (C=O) groups excluding carboxylic acids is 1. The first kappa shape index (κ1) is 72.2. The molecular weight excluding hydrogens is 947 g/mol. The van der Waals surface area contributed by atoms with Crippen molar-refractivity contribution in [2.75, 3.05) is 13.2 Å². The molecule has 1 amide bonds. The second kappa shape index (κ2) is 56.4. The molecule has 0 aliphatic carbocycles. The Morgan fingerprint density at radius 3 is 1.18 bits per heavy atom. The van der Waals surface area contributed by atoms with Crippen molar-refractivity contribution < 1.29 is 39.8 Å². The Labute approximate surface area is 469 Å². The number of nitrogens with one attached hydrogen (secondary N) is 1. The lowest BCUT2D eigenvalue weighted by atomic mass is 9.99. The first-order valence-corrected chi connectivity index (χ1v) is 32.9. The lowest BCUT2D eigenvalue weighted by molar-refractivity contribution is -0.302. The van der Waals surface area contributed by atoms with Gasteiger partial charge >= 0.3 is 0 Å². The number of aliphatic hydroxyl groups excluding tert-OH is 5. The Bertz CT molecular complexity index is 1340. The third kappa shape index (κ3) is 44.9. The second-order valence-corrected chi connectivity index (χ2v) is 22.9. The van der Waals surface area contributed by atoms with Crippen LogP contribution in [0.3, 0.4) is 0 Å². The molecule has 1 rings (SSSR count). The highest BCUT2D eigenvalue weighted by atomic mass is 16.7. The van der Waals surface area contributed by atoms with E-state index in [0.29, 0.717) is 6.42 Å². The molecule has 1 saturated heterocycles. The van der Waals surface area contributed by atoms with Crippen LogP contribution in [0.15, 0.2) is 48.6 Å². The molecule has 446 valence electrons. The molecule has 0 aromatic heterocycles. The van der Waals surface area contributed by atoms with Crippen LogP contribution in [0.5, 0.6) is 0 Å². The highest BCUT2D eigenvalue weighted by molar-refractivity contribution is 5.76. The Balaban J connectivity index is 2.17. The van der Waals surface area contributed by atoms with Crippen molar-refractivity contribution in [1.82, 2.24) is 5.32 Å². The summed E-state index contributed by atoms with van der Waals surface area (Å²) >= 11 is 0. The summed E-state index contributed by atoms with van der Waals surface area (Å²) in [5, 5.41) is 54.6. The van der Waals surface area contributed by atoms with Gasteiger partial charge in [-0.3, -0.25) is 4.79 Å². The smallest absolute Gasteiger partial charge is 0.220 e. The quantitative estimate of drug-likeness (QED) is 0.0261. The summed E-state index contributed by atoms with van der Waals surface area (Å²) in [7, 11) is 0. The molecule has 76 heavy (non-hydrogen) atoms. The summed E-state index contributed by atoms with van der Waals surface area (Å²) in [6.45, 7) is 3.80. The third-order valence-electron chi connectivity index (χ3n) is 15.6. The standard InChI is InChI=1S/C67H125NO8/c1-3-5-7-9-11-13-15-17-19-21-23-25-27-28-29-30-31-32-33-34-35-37-39-41-43-45-47-49-51-53-55-57-63(71)68-60(59-75-67-66(74)65(73)64(72)62(58-69)76-67)61(70)56-54-52-50-48-46-44-42-40-38-36-26-24-22-20-18-16-14-12-10-8-6-4-2/h23,25,28-29,46,48,54,56,60-62,64-67,69-70,72-74H,3-22,24,26-27,30-45,47,49-53,55,57-59H2,1-2H3,(H,68,71)/b25-23-,29-28-,48-46+,56-54+. The number of carbonyl (C=O) groups is 1. The molecule has 7 unspecified atom stereocenters. The minimum Gasteiger partial charge on any atom is -0.394 e. The van der Waals surface area contributed by atoms with E-state index < -0.39 is 49.5 Å². The highest BCUT2D eigenvalue weighted by Crippen LogP contribution is 2.23. The van der Waals surface area contributed by atoms with Gasteiger partial charge in [-0.15, -0.1) is 0 Å². The maximum Gasteiger partial charge on any atom is 0.220 e. The summed E-state index contributed by atoms with van der Waals surface area (Å²) in [6, 6.07) is -0.823. The van der Waals surface area contributed by atoms with Crippen molar-refractivity contribution in [2.24, 2.45) is 0 Å². The largest absolute Gasteiger partial charge is 0.394 e. The van der Waals surface area contributed by atoms with Crippen LogP contribution in [0.2, 0.25) is 0 Å². The number of hydrogen-bond donors (Lipinski definition) is 6. The van der Waals surface area contributed by atoms with Gasteiger partial charge in [0.05, 0.1) is 25.4 Å². The Morgan fingerprint density at radius 2 is 0.789 bits per heavy atom. The van der Waals surface area contributed by atoms with Crippen molar-refractivity contribution in [3.63, 3.8) is 0 Å². The highest BCUT2D eigenvalue weighted by Gasteiger charge is 2.44. The normalized spacial score (nSPS) is 19.1. The van der Waals surface area contributed by atoms with Crippen LogP contribution in [0, 0.1) is 0 Å². The molecule has 0 bridgehead atoms. The molecule has 1 aliphatic rings. The first-order valence-electron chi connectivity index (χ1n) is 32.9. The van der Waals surface area contributed by atoms with Crippen LogP contribution in [0.4, 0.5) is 0 Å². The molecule has 0 spiro atoms. The monoisotopic (exact) mass is 1070 g/mol. The van der Waals surface area contributed by atoms with Crippen LogP contribution in [-0.2, 0) is 14.3 Å². The lowest BCUT2D eigenvalue weighted by Crippen LogP contribution is -2.60. The predicted octanol–water partition coefficient (Wildman–Crippen LogP) is 17.2. The maximum atomic E-state index is 13.1. The first-order chi connectivity index (χ1) is 37.3. The van der Waals surface area contributed by atoms with Crippen molar-refractivity contribution in [3.8, 4) is 0 Å². The van der Waals surface area contributed by atoms with E-state index in [9.17, 15) is 30.3 Å². The second-order valence-electron chi connectivity index (χ2n) is 22.9. The van der Waals surface area contributed by atoms with Gasteiger partial charge < -0.3 is 40.3 Å². The van der Waals surface area contributed by atoms with Crippen molar-refractivity contribution in [2.45, 2.75) is 358 Å². The Morgan fingerprint density at radius 1 is 0.447 bits per heavy atom. The molecule has 9 heteroatoms. The van der Waals surface area contributed by atoms with Crippen LogP contribution >= 0.6 is 0 Å². The summed E-state index contributed by atoms with van der Waals surface area (Å²) in [5.74, 6) is -0.183. The molecule has 0 aromatic carbocycles. The number of aliphatic hydroxyl groups is 5. The van der Waals surface area contributed by atoms with Crippen LogP contribution in [-0.4, -0.2) is 87.5 Å². The number of hydrogen-bond acceptors (Lipinski definition) is 8. The van der Waals surface area contributed by atoms with Gasteiger partial charge in [-0.25, -0.2) is 0 Å². The lowest BCUT2D eigenvalue weighted by Gasteiger charge is -2.40. The fourth-order valence-corrected chi connectivity index (χ4v) is 10.4. The van der Waals surface area contributed by atoms with Gasteiger partial charge in [-0.1, -0.05) is 294 Å². The van der Waals surface area contributed by atoms with Crippen molar-refractivity contribution in [1.29, 1.82) is 0 Å². The zero-order valence-corrected chi connectivity index (χ0v) is 49.8. The van der Waals surface area contributed by atoms with Gasteiger partial charge in [0.25, 0.3) is 0 Å². The van der Waals surface area contributed by atoms with Crippen molar-refractivity contribution in [3.05, 3.63) is 48.6 Å². The van der Waals surface area contributed by atoms with Crippen LogP contribution in [0.25, 0.3) is 0 Å². The van der Waals surface area contributed by atoms with E-state index in [0.717, 1.165) is 44.9 Å². The number of unbranched alkanes of at least 4 members (excludes halogenated alkanes) is 41. The molecule has 0 aromatic rings. The fraction of sp³-hybridized carbons (Fsp3) is 0.866. The van der Waals surface area contributed by atoms with Crippen molar-refractivity contribution >= 4 is 5.91 Å². The number of rotatable bonds is 57. The zero-order chi connectivity index (χ0) is 55.0. The molecule has 1 heterocycles. The molecule has 1 fully saturated rings. The van der Waals surface area contributed by atoms with E-state index in [1.54, 1.807) is 6.08 Å². The molecule has 0 radical (unpaired) electrons. The summed E-state index contributed by atoms with van der Waals surface area (Å²) < 4.78 is 11.3. The van der Waals surface area contributed by atoms with E-state index in [-0.39, 0.29) is 12.5 Å². The van der Waals surface area contributed by atoms with Gasteiger partial charge in [-0.05, 0) is 64.2 Å². The minimum absolute atomic E-state index is 0.183. The summed E-state index contributed by atoms with van der Waals surface area (Å²) in [5.41, 5.74) is 0. The number of allylic oxidation sites excluding steroid dienone is 7. The predicted molar refractivity (Wildman–Crippen MR) is 323 cm³/mol. The van der Waals surface area contributed by atoms with Gasteiger partial charge in [-0.2, -0.15) is 0 Å². The molecule has 9 nitrogen and oxygen atoms in total. The topological polar surface area (TPSA) is 149 Å². The van der Waals surface area contributed by atoms with Crippen LogP contribution in [0.1, 0.15) is 316 Å². The third-order valence-corrected chi connectivity index (χ3v) is 15.6. The summed E-state index contributed by atoms with van der Waals surface area (Å²) in [4.78, 5) is 13.1. The molecule has 6 N–H and O–H groups in total. The van der Waals surface area contributed by atoms with Crippen LogP contribution < -0.4 is 5.32 Å².